The Hall–Kier alpha value is -3.67. The summed E-state index contributed by atoms with van der Waals surface area (Å²) in [6.07, 6.45) is 4.49. The van der Waals surface area contributed by atoms with Gasteiger partial charge in [-0.3, -0.25) is 14.0 Å². The Balaban J connectivity index is 1.75. The van der Waals surface area contributed by atoms with Gasteiger partial charge in [0.05, 0.1) is 6.10 Å². The number of fused-ring (bicyclic) bond motifs is 1. The molecule has 1 atom stereocenters. The minimum Gasteiger partial charge on any atom is -0.438 e. The van der Waals surface area contributed by atoms with Gasteiger partial charge in [-0.1, -0.05) is 17.7 Å². The monoisotopic (exact) mass is 464 g/mol. The number of nitrogens with one attached hydrogen (secondary N) is 1. The summed E-state index contributed by atoms with van der Waals surface area (Å²) in [4.78, 5) is 30.4. The average Bonchev–Trinajstić information content (AvgIpc) is 3.33. The van der Waals surface area contributed by atoms with Crippen molar-refractivity contribution < 1.29 is 14.3 Å². The lowest BCUT2D eigenvalue weighted by Crippen LogP contribution is -2.32. The van der Waals surface area contributed by atoms with Crippen molar-refractivity contribution in [3.63, 3.8) is 0 Å². The molecule has 8 nitrogen and oxygen atoms in total. The van der Waals surface area contributed by atoms with Gasteiger partial charge in [0, 0.05) is 24.4 Å². The molecule has 9 heteroatoms. The molecule has 0 radical (unpaired) electrons. The highest BCUT2D eigenvalue weighted by molar-refractivity contribution is 6.30. The molecule has 0 spiro atoms. The van der Waals surface area contributed by atoms with E-state index in [4.69, 9.17) is 21.1 Å². The SMILES string of the molecule is Cc1cccn2c(=O)c(C=C(C#N)C(=O)NCC3CCCO3)c(Oc3ccc(Cl)cc3)nc12. The Bertz CT molecular complexity index is 1320. The molecule has 4 rings (SSSR count). The van der Waals surface area contributed by atoms with Gasteiger partial charge in [0.15, 0.2) is 0 Å². The van der Waals surface area contributed by atoms with E-state index in [9.17, 15) is 14.9 Å². The number of aromatic nitrogens is 2. The van der Waals surface area contributed by atoms with Gasteiger partial charge in [-0.05, 0) is 61.7 Å². The highest BCUT2D eigenvalue weighted by Gasteiger charge is 2.20. The van der Waals surface area contributed by atoms with Crippen LogP contribution in [0.15, 0.2) is 53.0 Å². The summed E-state index contributed by atoms with van der Waals surface area (Å²) < 4.78 is 12.7. The Labute approximate surface area is 195 Å². The zero-order valence-electron chi connectivity index (χ0n) is 17.9. The molecule has 3 aromatic rings. The van der Waals surface area contributed by atoms with Gasteiger partial charge < -0.3 is 14.8 Å². The number of nitrogens with zero attached hydrogens (tertiary/aromatic N) is 3. The number of aryl methyl sites for hydroxylation is 1. The number of halogens is 1. The fourth-order valence-electron chi connectivity index (χ4n) is 3.51. The molecule has 2 aromatic heterocycles. The summed E-state index contributed by atoms with van der Waals surface area (Å²) in [5.41, 5.74) is 0.454. The molecule has 33 heavy (non-hydrogen) atoms. The molecule has 0 bridgehead atoms. The van der Waals surface area contributed by atoms with E-state index in [0.717, 1.165) is 18.4 Å². The van der Waals surface area contributed by atoms with Gasteiger partial charge in [0.1, 0.15) is 28.6 Å². The first-order valence-corrected chi connectivity index (χ1v) is 10.8. The third kappa shape index (κ3) is 5.06. The van der Waals surface area contributed by atoms with Crippen LogP contribution in [-0.2, 0) is 9.53 Å². The van der Waals surface area contributed by atoms with Crippen LogP contribution < -0.4 is 15.6 Å². The third-order valence-electron chi connectivity index (χ3n) is 5.25. The Morgan fingerprint density at radius 1 is 1.39 bits per heavy atom. The molecule has 0 aliphatic carbocycles. The van der Waals surface area contributed by atoms with Crippen molar-refractivity contribution in [3.8, 4) is 17.7 Å². The van der Waals surface area contributed by atoms with Crippen molar-refractivity contribution >= 4 is 29.2 Å². The molecule has 1 saturated heterocycles. The largest absolute Gasteiger partial charge is 0.438 e. The van der Waals surface area contributed by atoms with Crippen LogP contribution in [-0.4, -0.2) is 34.5 Å². The number of benzene rings is 1. The van der Waals surface area contributed by atoms with Crippen LogP contribution >= 0.6 is 11.6 Å². The van der Waals surface area contributed by atoms with E-state index in [2.05, 4.69) is 10.3 Å². The Morgan fingerprint density at radius 3 is 2.88 bits per heavy atom. The van der Waals surface area contributed by atoms with E-state index in [0.29, 0.717) is 29.6 Å². The molecular weight excluding hydrogens is 444 g/mol. The predicted octanol–water partition coefficient (Wildman–Crippen LogP) is 3.65. The molecule has 1 unspecified atom stereocenters. The lowest BCUT2D eigenvalue weighted by Gasteiger charge is -2.12. The Morgan fingerprint density at radius 2 is 2.18 bits per heavy atom. The minimum atomic E-state index is -0.598. The van der Waals surface area contributed by atoms with Gasteiger partial charge >= 0.3 is 0 Å². The molecule has 1 fully saturated rings. The molecule has 1 aliphatic rings. The summed E-state index contributed by atoms with van der Waals surface area (Å²) in [7, 11) is 0. The summed E-state index contributed by atoms with van der Waals surface area (Å²) in [6, 6.07) is 12.0. The maximum atomic E-state index is 13.3. The number of hydrogen-bond acceptors (Lipinski definition) is 6. The summed E-state index contributed by atoms with van der Waals surface area (Å²) in [5.74, 6) is -0.212. The van der Waals surface area contributed by atoms with Crippen molar-refractivity contribution in [2.75, 3.05) is 13.2 Å². The van der Waals surface area contributed by atoms with Crippen LogP contribution in [0.1, 0.15) is 24.0 Å². The Kier molecular flexibility index (Phi) is 6.73. The molecule has 168 valence electrons. The first-order chi connectivity index (χ1) is 16.0. The van der Waals surface area contributed by atoms with Gasteiger partial charge in [-0.25, -0.2) is 0 Å². The van der Waals surface area contributed by atoms with Gasteiger partial charge in [-0.2, -0.15) is 10.2 Å². The number of carbonyl (C=O) groups excluding carboxylic acids is 1. The number of carbonyl (C=O) groups is 1. The highest BCUT2D eigenvalue weighted by atomic mass is 35.5. The van der Waals surface area contributed by atoms with Gasteiger partial charge in [0.25, 0.3) is 11.5 Å². The topological polar surface area (TPSA) is 106 Å². The zero-order valence-corrected chi connectivity index (χ0v) is 18.6. The second-order valence-electron chi connectivity index (χ2n) is 7.59. The number of amides is 1. The van der Waals surface area contributed by atoms with Gasteiger partial charge in [-0.15, -0.1) is 0 Å². The second kappa shape index (κ2) is 9.86. The first kappa shape index (κ1) is 22.5. The number of hydrogen-bond donors (Lipinski definition) is 1. The fraction of sp³-hybridized carbons (Fsp3) is 0.250. The van der Waals surface area contributed by atoms with E-state index in [1.165, 1.54) is 10.5 Å². The quantitative estimate of drug-likeness (QED) is 0.441. The lowest BCUT2D eigenvalue weighted by atomic mass is 10.1. The summed E-state index contributed by atoms with van der Waals surface area (Å²) in [6.45, 7) is 2.77. The van der Waals surface area contributed by atoms with Crippen molar-refractivity contribution in [2.24, 2.45) is 0 Å². The summed E-state index contributed by atoms with van der Waals surface area (Å²) >= 11 is 5.95. The minimum absolute atomic E-state index is 0.0168. The normalized spacial score (nSPS) is 15.9. The molecule has 1 N–H and O–H groups in total. The fourth-order valence-corrected chi connectivity index (χ4v) is 3.63. The zero-order chi connectivity index (χ0) is 23.4. The van der Waals surface area contributed by atoms with Gasteiger partial charge in [0.2, 0.25) is 5.88 Å². The molecular formula is C24H21ClN4O4. The number of pyridine rings is 1. The van der Waals surface area contributed by atoms with E-state index in [1.807, 2.05) is 19.1 Å². The number of rotatable bonds is 6. The van der Waals surface area contributed by atoms with Crippen LogP contribution in [0.3, 0.4) is 0 Å². The third-order valence-corrected chi connectivity index (χ3v) is 5.50. The van der Waals surface area contributed by atoms with Crippen molar-refractivity contribution in [1.82, 2.24) is 14.7 Å². The molecule has 0 saturated carbocycles. The maximum absolute atomic E-state index is 13.3. The lowest BCUT2D eigenvalue weighted by molar-refractivity contribution is -0.117. The van der Waals surface area contributed by atoms with Crippen molar-refractivity contribution in [2.45, 2.75) is 25.9 Å². The molecule has 1 aromatic carbocycles. The average molecular weight is 465 g/mol. The molecule has 3 heterocycles. The smallest absolute Gasteiger partial charge is 0.269 e. The molecule has 1 aliphatic heterocycles. The van der Waals surface area contributed by atoms with Crippen molar-refractivity contribution in [3.05, 3.63) is 74.7 Å². The van der Waals surface area contributed by atoms with Crippen LogP contribution in [0, 0.1) is 18.3 Å². The molecule has 1 amide bonds. The standard InChI is InChI=1S/C24H21ClN4O4/c1-15-4-2-10-29-21(15)28-23(33-18-8-6-17(25)7-9-18)20(24(29)31)12-16(13-26)22(30)27-14-19-5-3-11-32-19/h2,4,6-10,12,19H,3,5,11,14H2,1H3,(H,27,30). The van der Waals surface area contributed by atoms with Crippen LogP contribution in [0.25, 0.3) is 11.7 Å². The summed E-state index contributed by atoms with van der Waals surface area (Å²) in [5, 5.41) is 12.8. The first-order valence-electron chi connectivity index (χ1n) is 10.4. The van der Waals surface area contributed by atoms with Crippen LogP contribution in [0.2, 0.25) is 5.02 Å². The van der Waals surface area contributed by atoms with Crippen LogP contribution in [0.5, 0.6) is 11.6 Å². The highest BCUT2D eigenvalue weighted by Crippen LogP contribution is 2.26. The predicted molar refractivity (Wildman–Crippen MR) is 123 cm³/mol. The van der Waals surface area contributed by atoms with E-state index < -0.39 is 11.5 Å². The maximum Gasteiger partial charge on any atom is 0.269 e. The van der Waals surface area contributed by atoms with Crippen molar-refractivity contribution in [1.29, 1.82) is 5.26 Å². The van der Waals surface area contributed by atoms with E-state index in [-0.39, 0.29) is 23.1 Å². The second-order valence-corrected chi connectivity index (χ2v) is 8.03. The van der Waals surface area contributed by atoms with E-state index in [1.54, 1.807) is 36.5 Å². The van der Waals surface area contributed by atoms with E-state index >= 15 is 0 Å². The number of ether oxygens (including phenoxy) is 2. The number of nitriles is 1. The van der Waals surface area contributed by atoms with Crippen LogP contribution in [0.4, 0.5) is 0 Å².